The van der Waals surface area contributed by atoms with E-state index in [9.17, 15) is 14.4 Å². The summed E-state index contributed by atoms with van der Waals surface area (Å²) in [4.78, 5) is 43.0. The number of rotatable bonds is 11. The molecular weight excluding hydrogens is 502 g/mol. The van der Waals surface area contributed by atoms with Gasteiger partial charge in [0.15, 0.2) is 0 Å². The van der Waals surface area contributed by atoms with Crippen LogP contribution in [0.3, 0.4) is 0 Å². The number of hydrogen-bond donors (Lipinski definition) is 2. The highest BCUT2D eigenvalue weighted by molar-refractivity contribution is 6.00. The average molecular weight is 552 g/mol. The predicted octanol–water partition coefficient (Wildman–Crippen LogP) is 7.17. The largest absolute Gasteiger partial charge is 0.444 e. The van der Waals surface area contributed by atoms with Crippen molar-refractivity contribution in [1.29, 1.82) is 0 Å². The van der Waals surface area contributed by atoms with Gasteiger partial charge in [-0.3, -0.25) is 9.59 Å². The number of carbonyl (C=O) groups is 3. The summed E-state index contributed by atoms with van der Waals surface area (Å²) in [6.07, 6.45) is 1.57. The highest BCUT2D eigenvalue weighted by Gasteiger charge is 2.38. The van der Waals surface area contributed by atoms with Crippen LogP contribution in [0.1, 0.15) is 94.7 Å². The van der Waals surface area contributed by atoms with Gasteiger partial charge in [-0.05, 0) is 88.6 Å². The summed E-state index contributed by atoms with van der Waals surface area (Å²) in [5.41, 5.74) is 4.81. The molecule has 0 saturated heterocycles. The SMILES string of the molecule is CCCCN(C(=O)C(NC(=O)OC(C)(C)C)C(C)CC)C(C(=O)Nc1c(C)cccc1C)c1ccc(C)c(C)c1. The van der Waals surface area contributed by atoms with E-state index in [4.69, 9.17) is 4.74 Å². The fraction of sp³-hybridized carbons (Fsp3) is 0.545. The van der Waals surface area contributed by atoms with Crippen LogP contribution in [0, 0.1) is 33.6 Å². The Labute approximate surface area is 241 Å². The lowest BCUT2D eigenvalue weighted by Gasteiger charge is -2.36. The van der Waals surface area contributed by atoms with E-state index < -0.39 is 23.8 Å². The minimum atomic E-state index is -0.885. The summed E-state index contributed by atoms with van der Waals surface area (Å²) in [5.74, 6) is -0.759. The molecule has 3 unspecified atom stereocenters. The highest BCUT2D eigenvalue weighted by Crippen LogP contribution is 2.29. The van der Waals surface area contributed by atoms with Crippen molar-refractivity contribution in [2.24, 2.45) is 5.92 Å². The zero-order chi connectivity index (χ0) is 30.2. The smallest absolute Gasteiger partial charge is 0.408 e. The van der Waals surface area contributed by atoms with E-state index in [-0.39, 0.29) is 17.7 Å². The normalized spacial score (nSPS) is 13.7. The lowest BCUT2D eigenvalue weighted by atomic mass is 9.94. The molecule has 0 radical (unpaired) electrons. The molecule has 3 amide bonds. The van der Waals surface area contributed by atoms with Crippen LogP contribution in [0.4, 0.5) is 10.5 Å². The first kappa shape index (κ1) is 32.9. The molecule has 7 nitrogen and oxygen atoms in total. The Balaban J connectivity index is 2.63. The summed E-state index contributed by atoms with van der Waals surface area (Å²) in [5, 5.41) is 5.96. The first-order valence-corrected chi connectivity index (χ1v) is 14.4. The molecule has 3 atom stereocenters. The van der Waals surface area contributed by atoms with Crippen LogP contribution < -0.4 is 10.6 Å². The molecule has 0 aliphatic rings. The van der Waals surface area contributed by atoms with Gasteiger partial charge in [-0.15, -0.1) is 0 Å². The van der Waals surface area contributed by atoms with Crippen LogP contribution in [0.2, 0.25) is 0 Å². The standard InChI is InChI=1S/C33H49N3O4/c1-11-13-19-36(31(38)28(21(3)12-2)35-32(39)40-33(8,9)10)29(26-18-17-22(4)25(7)20-26)30(37)34-27-23(5)15-14-16-24(27)6/h14-18,20-21,28-29H,11-13,19H2,1-10H3,(H,34,37)(H,35,39). The van der Waals surface area contributed by atoms with Crippen LogP contribution in [-0.2, 0) is 14.3 Å². The molecule has 0 fully saturated rings. The van der Waals surface area contributed by atoms with Gasteiger partial charge in [-0.25, -0.2) is 4.79 Å². The fourth-order valence-electron chi connectivity index (χ4n) is 4.60. The Morgan fingerprint density at radius 2 is 1.55 bits per heavy atom. The van der Waals surface area contributed by atoms with Crippen molar-refractivity contribution in [1.82, 2.24) is 10.2 Å². The van der Waals surface area contributed by atoms with Gasteiger partial charge in [0.2, 0.25) is 5.91 Å². The number of alkyl carbamates (subject to hydrolysis) is 1. The highest BCUT2D eigenvalue weighted by atomic mass is 16.6. The van der Waals surface area contributed by atoms with Crippen LogP contribution in [0.25, 0.3) is 0 Å². The molecule has 7 heteroatoms. The Bertz CT molecular complexity index is 1160. The molecule has 2 N–H and O–H groups in total. The molecule has 220 valence electrons. The minimum absolute atomic E-state index is 0.175. The molecule has 0 saturated carbocycles. The monoisotopic (exact) mass is 551 g/mol. The molecule has 0 aliphatic heterocycles. The Kier molecular flexibility index (Phi) is 11.8. The molecule has 2 aromatic rings. The zero-order valence-electron chi connectivity index (χ0n) is 26.1. The van der Waals surface area contributed by atoms with E-state index in [2.05, 4.69) is 17.6 Å². The van der Waals surface area contributed by atoms with Crippen molar-refractivity contribution >= 4 is 23.6 Å². The minimum Gasteiger partial charge on any atom is -0.444 e. The van der Waals surface area contributed by atoms with Crippen molar-refractivity contribution in [2.45, 2.75) is 106 Å². The molecule has 40 heavy (non-hydrogen) atoms. The van der Waals surface area contributed by atoms with Crippen molar-refractivity contribution in [3.05, 3.63) is 64.2 Å². The van der Waals surface area contributed by atoms with Gasteiger partial charge in [0, 0.05) is 12.2 Å². The number of para-hydroxylation sites is 1. The van der Waals surface area contributed by atoms with Crippen LogP contribution >= 0.6 is 0 Å². The summed E-state index contributed by atoms with van der Waals surface area (Å²) in [6, 6.07) is 10.0. The number of ether oxygens (including phenoxy) is 1. The van der Waals surface area contributed by atoms with Gasteiger partial charge >= 0.3 is 6.09 Å². The third-order valence-corrected chi connectivity index (χ3v) is 7.32. The second-order valence-electron chi connectivity index (χ2n) is 11.9. The van der Waals surface area contributed by atoms with Crippen LogP contribution in [0.15, 0.2) is 36.4 Å². The topological polar surface area (TPSA) is 87.7 Å². The molecule has 0 aromatic heterocycles. The third-order valence-electron chi connectivity index (χ3n) is 7.32. The van der Waals surface area contributed by atoms with Gasteiger partial charge in [0.05, 0.1) is 0 Å². The van der Waals surface area contributed by atoms with Gasteiger partial charge < -0.3 is 20.3 Å². The number of nitrogens with one attached hydrogen (secondary N) is 2. The molecule has 0 heterocycles. The maximum atomic E-state index is 14.4. The molecule has 2 rings (SSSR count). The summed E-state index contributed by atoms with van der Waals surface area (Å²) in [7, 11) is 0. The zero-order valence-corrected chi connectivity index (χ0v) is 26.1. The van der Waals surface area contributed by atoms with E-state index in [0.29, 0.717) is 19.4 Å². The third kappa shape index (κ3) is 8.83. The maximum absolute atomic E-state index is 14.4. The fourth-order valence-corrected chi connectivity index (χ4v) is 4.60. The lowest BCUT2D eigenvalue weighted by molar-refractivity contribution is -0.142. The second-order valence-corrected chi connectivity index (χ2v) is 11.9. The molecule has 0 aliphatic carbocycles. The van der Waals surface area contributed by atoms with E-state index in [1.165, 1.54) is 0 Å². The predicted molar refractivity (Wildman–Crippen MR) is 162 cm³/mol. The van der Waals surface area contributed by atoms with Crippen LogP contribution in [0.5, 0.6) is 0 Å². The molecule has 2 aromatic carbocycles. The van der Waals surface area contributed by atoms with Crippen molar-refractivity contribution < 1.29 is 19.1 Å². The van der Waals surface area contributed by atoms with Gasteiger partial charge in [0.1, 0.15) is 17.7 Å². The number of benzene rings is 2. The first-order valence-electron chi connectivity index (χ1n) is 14.4. The molecule has 0 spiro atoms. The quantitative estimate of drug-likeness (QED) is 0.310. The summed E-state index contributed by atoms with van der Waals surface area (Å²) < 4.78 is 5.50. The first-order chi connectivity index (χ1) is 18.7. The maximum Gasteiger partial charge on any atom is 0.408 e. The summed E-state index contributed by atoms with van der Waals surface area (Å²) >= 11 is 0. The van der Waals surface area contributed by atoms with Crippen molar-refractivity contribution in [2.75, 3.05) is 11.9 Å². The van der Waals surface area contributed by atoms with Crippen molar-refractivity contribution in [3.63, 3.8) is 0 Å². The number of amides is 3. The van der Waals surface area contributed by atoms with Gasteiger partial charge in [-0.2, -0.15) is 0 Å². The van der Waals surface area contributed by atoms with E-state index >= 15 is 0 Å². The number of aryl methyl sites for hydroxylation is 4. The summed E-state index contributed by atoms with van der Waals surface area (Å²) in [6.45, 7) is 19.6. The molecule has 0 bridgehead atoms. The van der Waals surface area contributed by atoms with Crippen molar-refractivity contribution in [3.8, 4) is 0 Å². The van der Waals surface area contributed by atoms with E-state index in [1.807, 2.05) is 77.9 Å². The number of anilines is 1. The van der Waals surface area contributed by atoms with Gasteiger partial charge in [0.25, 0.3) is 5.91 Å². The van der Waals surface area contributed by atoms with E-state index in [0.717, 1.165) is 39.9 Å². The second kappa shape index (κ2) is 14.3. The van der Waals surface area contributed by atoms with Crippen LogP contribution in [-0.4, -0.2) is 41.0 Å². The lowest BCUT2D eigenvalue weighted by Crippen LogP contribution is -2.55. The number of unbranched alkanes of at least 4 members (excludes halogenated alkanes) is 1. The van der Waals surface area contributed by atoms with E-state index in [1.54, 1.807) is 25.7 Å². The van der Waals surface area contributed by atoms with Gasteiger partial charge in [-0.1, -0.05) is 70.0 Å². The Morgan fingerprint density at radius 3 is 2.08 bits per heavy atom. The Hall–Kier alpha value is -3.35. The number of carbonyl (C=O) groups excluding carboxylic acids is 3. The Morgan fingerprint density at radius 1 is 0.925 bits per heavy atom. The molecular formula is C33H49N3O4. The average Bonchev–Trinajstić information content (AvgIpc) is 2.87. The number of nitrogens with zero attached hydrogens (tertiary/aromatic N) is 1. The number of hydrogen-bond acceptors (Lipinski definition) is 4.